The lowest BCUT2D eigenvalue weighted by Crippen LogP contribution is -2.19. The molecular weight excluding hydrogens is 568 g/mol. The van der Waals surface area contributed by atoms with Gasteiger partial charge in [0.1, 0.15) is 29.6 Å². The molecule has 43 heavy (non-hydrogen) atoms. The van der Waals surface area contributed by atoms with Gasteiger partial charge in [-0.15, -0.1) is 0 Å². The average Bonchev–Trinajstić information content (AvgIpc) is 3.44. The molecule has 0 bridgehead atoms. The van der Waals surface area contributed by atoms with Crippen molar-refractivity contribution in [2.75, 3.05) is 17.2 Å². The molecule has 4 aromatic heterocycles. The van der Waals surface area contributed by atoms with Crippen molar-refractivity contribution >= 4 is 34.3 Å². The molecule has 14 heteroatoms. The number of fused-ring (bicyclic) bond motifs is 1. The number of carbonyl (C=O) groups excluding carboxylic acids is 1. The van der Waals surface area contributed by atoms with Gasteiger partial charge in [0.25, 0.3) is 5.91 Å². The van der Waals surface area contributed by atoms with E-state index in [4.69, 9.17) is 4.74 Å². The monoisotopic (exact) mass is 592 g/mol. The number of pyridine rings is 2. The first-order valence-electron chi connectivity index (χ1n) is 13.4. The molecule has 1 amide bonds. The van der Waals surface area contributed by atoms with E-state index in [9.17, 15) is 22.4 Å². The zero-order valence-electron chi connectivity index (χ0n) is 22.7. The van der Waals surface area contributed by atoms with Crippen molar-refractivity contribution in [2.24, 2.45) is 0 Å². The first-order chi connectivity index (χ1) is 20.7. The van der Waals surface area contributed by atoms with Crippen molar-refractivity contribution < 1.29 is 27.1 Å². The lowest BCUT2D eigenvalue weighted by Gasteiger charge is -2.23. The fraction of sp³-hybridized carbons (Fsp3) is 0.241. The van der Waals surface area contributed by atoms with Crippen LogP contribution in [0.3, 0.4) is 0 Å². The second kappa shape index (κ2) is 11.4. The fourth-order valence-electron chi connectivity index (χ4n) is 4.87. The Hall–Kier alpha value is -4.98. The highest BCUT2D eigenvalue weighted by Crippen LogP contribution is 2.35. The van der Waals surface area contributed by atoms with Crippen LogP contribution < -0.4 is 10.6 Å². The second-order valence-corrected chi connectivity index (χ2v) is 9.89. The summed E-state index contributed by atoms with van der Waals surface area (Å²) in [5.41, 5.74) is 1.33. The maximum atomic E-state index is 14.5. The van der Waals surface area contributed by atoms with Crippen LogP contribution in [0.5, 0.6) is 0 Å². The van der Waals surface area contributed by atoms with Crippen LogP contribution in [0.15, 0.2) is 61.4 Å². The summed E-state index contributed by atoms with van der Waals surface area (Å²) in [5, 5.41) is 5.67. The van der Waals surface area contributed by atoms with Crippen molar-refractivity contribution in [1.82, 2.24) is 29.5 Å². The van der Waals surface area contributed by atoms with Gasteiger partial charge < -0.3 is 15.4 Å². The number of nitrogens with zero attached hydrogens (tertiary/aromatic N) is 6. The Morgan fingerprint density at radius 1 is 1.05 bits per heavy atom. The first kappa shape index (κ1) is 28.2. The number of rotatable bonds is 6. The summed E-state index contributed by atoms with van der Waals surface area (Å²) in [5.74, 6) is -2.44. The van der Waals surface area contributed by atoms with Crippen LogP contribution in [-0.2, 0) is 10.9 Å². The molecule has 1 aromatic carbocycles. The number of aryl methyl sites for hydroxylation is 1. The minimum absolute atomic E-state index is 0.159. The van der Waals surface area contributed by atoms with E-state index >= 15 is 0 Å². The van der Waals surface area contributed by atoms with E-state index < -0.39 is 29.2 Å². The van der Waals surface area contributed by atoms with Gasteiger partial charge >= 0.3 is 6.18 Å². The lowest BCUT2D eigenvalue weighted by molar-refractivity contribution is -0.140. The van der Waals surface area contributed by atoms with E-state index in [1.165, 1.54) is 12.4 Å². The number of nitrogens with one attached hydrogen (secondary N) is 2. The van der Waals surface area contributed by atoms with Gasteiger partial charge in [-0.25, -0.2) is 29.3 Å². The molecule has 1 fully saturated rings. The quantitative estimate of drug-likeness (QED) is 0.216. The topological polar surface area (TPSA) is 120 Å². The Balaban J connectivity index is 1.29. The van der Waals surface area contributed by atoms with Gasteiger partial charge in [0.2, 0.25) is 0 Å². The number of carbonyl (C=O) groups is 1. The molecule has 220 valence electrons. The zero-order chi connectivity index (χ0) is 30.1. The summed E-state index contributed by atoms with van der Waals surface area (Å²) in [7, 11) is 0. The number of ether oxygens (including phenoxy) is 1. The molecule has 2 N–H and O–H groups in total. The van der Waals surface area contributed by atoms with E-state index in [-0.39, 0.29) is 11.9 Å². The maximum absolute atomic E-state index is 14.5. The summed E-state index contributed by atoms with van der Waals surface area (Å²) >= 11 is 0. The van der Waals surface area contributed by atoms with Crippen molar-refractivity contribution in [2.45, 2.75) is 38.6 Å². The van der Waals surface area contributed by atoms with Gasteiger partial charge in [0, 0.05) is 35.9 Å². The first-order valence-corrected chi connectivity index (χ1v) is 13.4. The molecule has 1 aliphatic heterocycles. The number of anilines is 3. The third-order valence-electron chi connectivity index (χ3n) is 7.05. The molecule has 5 aromatic rings. The Labute approximate surface area is 242 Å². The molecule has 6 rings (SSSR count). The largest absolute Gasteiger partial charge is 0.419 e. The molecule has 5 heterocycles. The molecule has 1 aliphatic rings. The highest BCUT2D eigenvalue weighted by atomic mass is 19.4. The Bertz CT molecular complexity index is 1820. The molecule has 0 radical (unpaired) electrons. The van der Waals surface area contributed by atoms with Crippen LogP contribution in [0.1, 0.15) is 47.1 Å². The SMILES string of the molecule is Cc1ccc(NC(=O)c2nccc(C(F)(F)F)c2F)cc1Nc1ncccc1-c1ncnc2c1ncn2C1CCCCO1. The number of aromatic nitrogens is 6. The number of imidazole rings is 1. The van der Waals surface area contributed by atoms with E-state index in [1.54, 1.807) is 30.7 Å². The standard InChI is InChI=1S/C29H24F4N8O2/c1-16-7-8-17(39-28(42)24-22(30)19(9-11-34-24)29(31,32)33)13-20(16)40-26-18(5-4-10-35-26)23-25-27(37-14-36-23)41(15-38-25)21-6-2-3-12-43-21/h4-5,7-11,13-15,21H,2-3,6,12H2,1H3,(H,35,40)(H,39,42). The zero-order valence-corrected chi connectivity index (χ0v) is 22.7. The predicted octanol–water partition coefficient (Wildman–Crippen LogP) is 6.44. The molecule has 1 saturated heterocycles. The van der Waals surface area contributed by atoms with Crippen LogP contribution in [0, 0.1) is 12.7 Å². The number of alkyl halides is 3. The van der Waals surface area contributed by atoms with Crippen LogP contribution in [0.25, 0.3) is 22.4 Å². The Morgan fingerprint density at radius 2 is 1.91 bits per heavy atom. The van der Waals surface area contributed by atoms with Gasteiger partial charge in [-0.1, -0.05) is 6.07 Å². The number of amides is 1. The summed E-state index contributed by atoms with van der Waals surface area (Å²) in [6.45, 7) is 2.49. The molecule has 0 spiro atoms. The maximum Gasteiger partial charge on any atom is 0.419 e. The molecule has 10 nitrogen and oxygen atoms in total. The average molecular weight is 593 g/mol. The van der Waals surface area contributed by atoms with Crippen LogP contribution in [0.4, 0.5) is 34.8 Å². The number of hydrogen-bond donors (Lipinski definition) is 2. The predicted molar refractivity (Wildman–Crippen MR) is 149 cm³/mol. The third kappa shape index (κ3) is 5.60. The number of halogens is 4. The van der Waals surface area contributed by atoms with E-state index in [2.05, 4.69) is 35.6 Å². The minimum atomic E-state index is -4.97. The number of hydrogen-bond acceptors (Lipinski definition) is 8. The van der Waals surface area contributed by atoms with E-state index in [1.807, 2.05) is 17.6 Å². The van der Waals surface area contributed by atoms with Gasteiger partial charge in [0.15, 0.2) is 17.2 Å². The van der Waals surface area contributed by atoms with E-state index in [0.29, 0.717) is 46.6 Å². The summed E-state index contributed by atoms with van der Waals surface area (Å²) in [6, 6.07) is 8.85. The fourth-order valence-corrected chi connectivity index (χ4v) is 4.87. The second-order valence-electron chi connectivity index (χ2n) is 9.89. The minimum Gasteiger partial charge on any atom is -0.358 e. The van der Waals surface area contributed by atoms with Gasteiger partial charge in [0.05, 0.1) is 11.9 Å². The van der Waals surface area contributed by atoms with Gasteiger partial charge in [-0.3, -0.25) is 9.36 Å². The normalized spacial score (nSPS) is 15.4. The highest BCUT2D eigenvalue weighted by Gasteiger charge is 2.36. The van der Waals surface area contributed by atoms with Gasteiger partial charge in [-0.05, 0) is 62.1 Å². The van der Waals surface area contributed by atoms with E-state index in [0.717, 1.165) is 31.0 Å². The molecule has 1 unspecified atom stereocenters. The third-order valence-corrected chi connectivity index (χ3v) is 7.05. The van der Waals surface area contributed by atoms with Crippen molar-refractivity contribution in [3.05, 3.63) is 84.1 Å². The summed E-state index contributed by atoms with van der Waals surface area (Å²) < 4.78 is 61.7. The van der Waals surface area contributed by atoms with Crippen molar-refractivity contribution in [3.8, 4) is 11.3 Å². The summed E-state index contributed by atoms with van der Waals surface area (Å²) in [6.07, 6.45) is 3.27. The Morgan fingerprint density at radius 3 is 2.70 bits per heavy atom. The van der Waals surface area contributed by atoms with Crippen molar-refractivity contribution in [1.29, 1.82) is 0 Å². The van der Waals surface area contributed by atoms with Crippen LogP contribution in [-0.4, -0.2) is 42.0 Å². The highest BCUT2D eigenvalue weighted by molar-refractivity contribution is 6.03. The smallest absolute Gasteiger partial charge is 0.358 e. The summed E-state index contributed by atoms with van der Waals surface area (Å²) in [4.78, 5) is 34.3. The Kier molecular flexibility index (Phi) is 7.44. The molecular formula is C29H24F4N8O2. The molecule has 0 saturated carbocycles. The number of benzene rings is 1. The van der Waals surface area contributed by atoms with Gasteiger partial charge in [-0.2, -0.15) is 13.2 Å². The van der Waals surface area contributed by atoms with Crippen LogP contribution >= 0.6 is 0 Å². The molecule has 1 atom stereocenters. The van der Waals surface area contributed by atoms with Crippen LogP contribution in [0.2, 0.25) is 0 Å². The lowest BCUT2D eigenvalue weighted by atomic mass is 10.1. The van der Waals surface area contributed by atoms with Crippen molar-refractivity contribution in [3.63, 3.8) is 0 Å². The molecule has 0 aliphatic carbocycles.